The number of nitrogens with zero attached hydrogens (tertiary/aromatic N) is 2. The standard InChI is InChI=1S/C17H14Cl2N2/c1-9-4-5-10(2)12(8-9)17-20-15-11(3)6-7-13(18)14(15)16(19)21-17/h4-8H,1-3H3. The number of hydrogen-bond donors (Lipinski definition) is 0. The summed E-state index contributed by atoms with van der Waals surface area (Å²) in [6.07, 6.45) is 0. The highest BCUT2D eigenvalue weighted by Crippen LogP contribution is 2.33. The Morgan fingerprint density at radius 3 is 2.33 bits per heavy atom. The molecule has 0 fully saturated rings. The van der Waals surface area contributed by atoms with Gasteiger partial charge in [0.25, 0.3) is 0 Å². The number of aryl methyl sites for hydroxylation is 3. The fraction of sp³-hybridized carbons (Fsp3) is 0.176. The van der Waals surface area contributed by atoms with Crippen LogP contribution in [0.15, 0.2) is 30.3 Å². The summed E-state index contributed by atoms with van der Waals surface area (Å²) in [5, 5.41) is 1.69. The quantitative estimate of drug-likeness (QED) is 0.552. The molecule has 0 aliphatic carbocycles. The second kappa shape index (κ2) is 5.28. The summed E-state index contributed by atoms with van der Waals surface area (Å²) >= 11 is 12.6. The summed E-state index contributed by atoms with van der Waals surface area (Å²) in [7, 11) is 0. The zero-order chi connectivity index (χ0) is 15.1. The molecular formula is C17H14Cl2N2. The fourth-order valence-corrected chi connectivity index (χ4v) is 2.95. The van der Waals surface area contributed by atoms with E-state index in [1.54, 1.807) is 0 Å². The highest BCUT2D eigenvalue weighted by atomic mass is 35.5. The van der Waals surface area contributed by atoms with Gasteiger partial charge in [0, 0.05) is 5.56 Å². The van der Waals surface area contributed by atoms with Crippen molar-refractivity contribution in [2.75, 3.05) is 0 Å². The first-order chi connectivity index (χ1) is 9.97. The van der Waals surface area contributed by atoms with Gasteiger partial charge in [-0.1, -0.05) is 47.0 Å². The Morgan fingerprint density at radius 2 is 1.57 bits per heavy atom. The van der Waals surface area contributed by atoms with Crippen LogP contribution in [0, 0.1) is 20.8 Å². The smallest absolute Gasteiger partial charge is 0.161 e. The Morgan fingerprint density at radius 1 is 0.857 bits per heavy atom. The van der Waals surface area contributed by atoms with E-state index >= 15 is 0 Å². The molecule has 0 bridgehead atoms. The fourth-order valence-electron chi connectivity index (χ4n) is 2.39. The van der Waals surface area contributed by atoms with Gasteiger partial charge in [0.2, 0.25) is 0 Å². The summed E-state index contributed by atoms with van der Waals surface area (Å²) < 4.78 is 0. The van der Waals surface area contributed by atoms with E-state index in [0.29, 0.717) is 21.4 Å². The Kier molecular flexibility index (Phi) is 3.60. The van der Waals surface area contributed by atoms with Gasteiger partial charge in [-0.2, -0.15) is 0 Å². The molecule has 0 amide bonds. The van der Waals surface area contributed by atoms with E-state index in [1.807, 2.05) is 32.9 Å². The molecule has 0 saturated carbocycles. The third-order valence-corrected chi connectivity index (χ3v) is 4.18. The lowest BCUT2D eigenvalue weighted by Crippen LogP contribution is -1.96. The first kappa shape index (κ1) is 14.3. The molecule has 2 nitrogen and oxygen atoms in total. The van der Waals surface area contributed by atoms with Crippen LogP contribution in [0.4, 0.5) is 0 Å². The Balaban J connectivity index is 2.35. The van der Waals surface area contributed by atoms with Crippen LogP contribution in [0.3, 0.4) is 0 Å². The van der Waals surface area contributed by atoms with Gasteiger partial charge in [-0.25, -0.2) is 9.97 Å². The van der Waals surface area contributed by atoms with Crippen LogP contribution < -0.4 is 0 Å². The minimum Gasteiger partial charge on any atom is -0.228 e. The van der Waals surface area contributed by atoms with E-state index in [9.17, 15) is 0 Å². The van der Waals surface area contributed by atoms with Crippen LogP contribution in [0.25, 0.3) is 22.3 Å². The second-order valence-electron chi connectivity index (χ2n) is 5.24. The molecule has 106 valence electrons. The Hall–Kier alpha value is -1.64. The van der Waals surface area contributed by atoms with Gasteiger partial charge in [0.15, 0.2) is 5.82 Å². The molecule has 0 N–H and O–H groups in total. The molecule has 0 saturated heterocycles. The lowest BCUT2D eigenvalue weighted by Gasteiger charge is -2.10. The van der Waals surface area contributed by atoms with Crippen molar-refractivity contribution in [1.29, 1.82) is 0 Å². The van der Waals surface area contributed by atoms with E-state index in [4.69, 9.17) is 23.2 Å². The van der Waals surface area contributed by atoms with E-state index in [0.717, 1.165) is 22.2 Å². The lowest BCUT2D eigenvalue weighted by molar-refractivity contribution is 1.20. The van der Waals surface area contributed by atoms with Crippen molar-refractivity contribution in [2.45, 2.75) is 20.8 Å². The normalized spacial score (nSPS) is 11.1. The molecule has 1 aromatic heterocycles. The number of halogens is 2. The van der Waals surface area contributed by atoms with Crippen molar-refractivity contribution in [3.8, 4) is 11.4 Å². The van der Waals surface area contributed by atoms with Gasteiger partial charge >= 0.3 is 0 Å². The highest BCUT2D eigenvalue weighted by molar-refractivity contribution is 6.41. The molecule has 0 radical (unpaired) electrons. The summed E-state index contributed by atoms with van der Waals surface area (Å²) in [6.45, 7) is 6.09. The van der Waals surface area contributed by atoms with E-state index in [1.165, 1.54) is 5.56 Å². The van der Waals surface area contributed by atoms with Gasteiger partial charge in [-0.15, -0.1) is 0 Å². The lowest BCUT2D eigenvalue weighted by atomic mass is 10.0. The zero-order valence-corrected chi connectivity index (χ0v) is 13.5. The molecule has 0 spiro atoms. The molecule has 3 rings (SSSR count). The number of rotatable bonds is 1. The predicted octanol–water partition coefficient (Wildman–Crippen LogP) is 5.53. The van der Waals surface area contributed by atoms with Crippen LogP contribution in [0.2, 0.25) is 10.2 Å². The SMILES string of the molecule is Cc1ccc(C)c(-c2nc(Cl)c3c(Cl)ccc(C)c3n2)c1. The van der Waals surface area contributed by atoms with Crippen molar-refractivity contribution in [3.63, 3.8) is 0 Å². The van der Waals surface area contributed by atoms with Crippen molar-refractivity contribution in [2.24, 2.45) is 0 Å². The largest absolute Gasteiger partial charge is 0.228 e. The summed E-state index contributed by atoms with van der Waals surface area (Å²) in [5.41, 5.74) is 5.12. The molecule has 3 aromatic rings. The van der Waals surface area contributed by atoms with Gasteiger partial charge < -0.3 is 0 Å². The molecule has 2 aromatic carbocycles. The van der Waals surface area contributed by atoms with Crippen LogP contribution in [-0.2, 0) is 0 Å². The molecule has 4 heteroatoms. The molecular weight excluding hydrogens is 303 g/mol. The molecule has 0 unspecified atom stereocenters. The van der Waals surface area contributed by atoms with Gasteiger partial charge in [-0.3, -0.25) is 0 Å². The summed E-state index contributed by atoms with van der Waals surface area (Å²) in [6, 6.07) is 9.99. The van der Waals surface area contributed by atoms with E-state index in [-0.39, 0.29) is 0 Å². The van der Waals surface area contributed by atoms with E-state index < -0.39 is 0 Å². The van der Waals surface area contributed by atoms with Gasteiger partial charge in [0.1, 0.15) is 5.15 Å². The zero-order valence-electron chi connectivity index (χ0n) is 12.0. The average molecular weight is 317 g/mol. The number of benzene rings is 2. The van der Waals surface area contributed by atoms with Crippen LogP contribution in [-0.4, -0.2) is 9.97 Å². The minimum atomic E-state index is 0.393. The first-order valence-electron chi connectivity index (χ1n) is 6.67. The van der Waals surface area contributed by atoms with Crippen LogP contribution in [0.1, 0.15) is 16.7 Å². The van der Waals surface area contributed by atoms with Crippen molar-refractivity contribution in [1.82, 2.24) is 9.97 Å². The molecule has 0 aliphatic heterocycles. The monoisotopic (exact) mass is 316 g/mol. The third-order valence-electron chi connectivity index (χ3n) is 3.59. The molecule has 21 heavy (non-hydrogen) atoms. The maximum Gasteiger partial charge on any atom is 0.161 e. The van der Waals surface area contributed by atoms with Crippen LogP contribution >= 0.6 is 23.2 Å². The van der Waals surface area contributed by atoms with Gasteiger partial charge in [-0.05, 0) is 44.0 Å². The van der Waals surface area contributed by atoms with E-state index in [2.05, 4.69) is 28.2 Å². The molecule has 0 atom stereocenters. The Bertz CT molecular complexity index is 857. The molecule has 0 aliphatic rings. The number of hydrogen-bond acceptors (Lipinski definition) is 2. The summed E-state index contributed by atoms with van der Waals surface area (Å²) in [5.74, 6) is 0.638. The third kappa shape index (κ3) is 2.50. The van der Waals surface area contributed by atoms with Crippen LogP contribution in [0.5, 0.6) is 0 Å². The average Bonchev–Trinajstić information content (AvgIpc) is 2.45. The van der Waals surface area contributed by atoms with Crippen molar-refractivity contribution in [3.05, 3.63) is 57.2 Å². The minimum absolute atomic E-state index is 0.393. The first-order valence-corrected chi connectivity index (χ1v) is 7.43. The molecule has 1 heterocycles. The van der Waals surface area contributed by atoms with Crippen molar-refractivity contribution < 1.29 is 0 Å². The Labute approximate surface area is 133 Å². The number of fused-ring (bicyclic) bond motifs is 1. The number of aromatic nitrogens is 2. The predicted molar refractivity (Wildman–Crippen MR) is 89.2 cm³/mol. The highest BCUT2D eigenvalue weighted by Gasteiger charge is 2.14. The topological polar surface area (TPSA) is 25.8 Å². The second-order valence-corrected chi connectivity index (χ2v) is 6.01. The van der Waals surface area contributed by atoms with Crippen molar-refractivity contribution >= 4 is 34.1 Å². The van der Waals surface area contributed by atoms with Gasteiger partial charge in [0.05, 0.1) is 15.9 Å². The maximum atomic E-state index is 6.35. The maximum absolute atomic E-state index is 6.35. The summed E-state index contributed by atoms with van der Waals surface area (Å²) in [4.78, 5) is 9.13.